The molecule has 2 rings (SSSR count). The molecule has 0 unspecified atom stereocenters. The van der Waals surface area contributed by atoms with E-state index < -0.39 is 5.51 Å². The van der Waals surface area contributed by atoms with Gasteiger partial charge in [0.15, 0.2) is 5.15 Å². The number of halogens is 4. The zero-order valence-corrected chi connectivity index (χ0v) is 12.6. The molecule has 1 aromatic heterocycles. The SMILES string of the molecule is Cc1ccnc(Cl)c1NCc1ccc(SC(F)(F)F)cc1. The van der Waals surface area contributed by atoms with Crippen LogP contribution in [0.5, 0.6) is 0 Å². The van der Waals surface area contributed by atoms with Crippen LogP contribution in [0.1, 0.15) is 11.1 Å². The Hall–Kier alpha value is -1.40. The average Bonchev–Trinajstić information content (AvgIpc) is 2.38. The second-order valence-corrected chi connectivity index (χ2v) is 5.84. The van der Waals surface area contributed by atoms with Crippen molar-refractivity contribution >= 4 is 29.1 Å². The summed E-state index contributed by atoms with van der Waals surface area (Å²) in [4.78, 5) is 4.15. The third-order valence-electron chi connectivity index (χ3n) is 2.74. The normalized spacial score (nSPS) is 11.5. The summed E-state index contributed by atoms with van der Waals surface area (Å²) in [6.45, 7) is 2.36. The van der Waals surface area contributed by atoms with Crippen LogP contribution in [0.4, 0.5) is 18.9 Å². The maximum Gasteiger partial charge on any atom is 0.446 e. The first-order valence-corrected chi connectivity index (χ1v) is 7.24. The molecule has 2 aromatic rings. The van der Waals surface area contributed by atoms with E-state index in [1.165, 1.54) is 12.1 Å². The zero-order chi connectivity index (χ0) is 15.5. The highest BCUT2D eigenvalue weighted by atomic mass is 35.5. The second-order valence-electron chi connectivity index (χ2n) is 4.34. The summed E-state index contributed by atoms with van der Waals surface area (Å²) < 4.78 is 36.7. The van der Waals surface area contributed by atoms with Crippen LogP contribution in [0.15, 0.2) is 41.4 Å². The Morgan fingerprint density at radius 2 is 1.86 bits per heavy atom. The highest BCUT2D eigenvalue weighted by molar-refractivity contribution is 8.00. The van der Waals surface area contributed by atoms with Gasteiger partial charge in [0.05, 0.1) is 5.69 Å². The number of nitrogens with one attached hydrogen (secondary N) is 1. The molecule has 2 nitrogen and oxygen atoms in total. The maximum atomic E-state index is 12.2. The molecule has 0 bridgehead atoms. The number of anilines is 1. The van der Waals surface area contributed by atoms with Crippen LogP contribution >= 0.6 is 23.4 Å². The molecule has 112 valence electrons. The summed E-state index contributed by atoms with van der Waals surface area (Å²) in [5.41, 5.74) is -1.71. The van der Waals surface area contributed by atoms with Gasteiger partial charge in [-0.2, -0.15) is 13.2 Å². The highest BCUT2D eigenvalue weighted by Gasteiger charge is 2.28. The van der Waals surface area contributed by atoms with Crippen molar-refractivity contribution in [1.82, 2.24) is 4.98 Å². The van der Waals surface area contributed by atoms with Gasteiger partial charge in [0.25, 0.3) is 0 Å². The summed E-state index contributed by atoms with van der Waals surface area (Å²) in [6.07, 6.45) is 1.62. The van der Waals surface area contributed by atoms with E-state index in [-0.39, 0.29) is 16.7 Å². The summed E-state index contributed by atoms with van der Waals surface area (Å²) >= 11 is 5.87. The number of pyridine rings is 1. The Balaban J connectivity index is 2.01. The fraction of sp³-hybridized carbons (Fsp3) is 0.214. The van der Waals surface area contributed by atoms with Gasteiger partial charge >= 0.3 is 5.51 Å². The minimum atomic E-state index is -4.26. The Bertz CT molecular complexity index is 594. The van der Waals surface area contributed by atoms with Crippen molar-refractivity contribution in [3.05, 3.63) is 52.8 Å². The quantitative estimate of drug-likeness (QED) is 0.610. The molecular weight excluding hydrogens is 321 g/mol. The van der Waals surface area contributed by atoms with Gasteiger partial charge in [-0.25, -0.2) is 4.98 Å². The van der Waals surface area contributed by atoms with Crippen molar-refractivity contribution in [2.75, 3.05) is 5.32 Å². The number of hydrogen-bond donors (Lipinski definition) is 1. The van der Waals surface area contributed by atoms with Crippen LogP contribution in [0.2, 0.25) is 5.15 Å². The molecule has 21 heavy (non-hydrogen) atoms. The van der Waals surface area contributed by atoms with Crippen molar-refractivity contribution in [3.8, 4) is 0 Å². The zero-order valence-electron chi connectivity index (χ0n) is 11.0. The number of thioether (sulfide) groups is 1. The molecule has 0 saturated carbocycles. The van der Waals surface area contributed by atoms with Crippen molar-refractivity contribution < 1.29 is 13.2 Å². The van der Waals surface area contributed by atoms with Gasteiger partial charge in [-0.05, 0) is 48.0 Å². The summed E-state index contributed by atoms with van der Waals surface area (Å²) in [7, 11) is 0. The predicted octanol–water partition coefficient (Wildman–Crippen LogP) is 5.27. The van der Waals surface area contributed by atoms with E-state index in [4.69, 9.17) is 11.6 Å². The summed E-state index contributed by atoms with van der Waals surface area (Å²) in [6, 6.07) is 8.04. The van der Waals surface area contributed by atoms with Crippen molar-refractivity contribution in [1.29, 1.82) is 0 Å². The third-order valence-corrected chi connectivity index (χ3v) is 3.77. The molecule has 7 heteroatoms. The van der Waals surface area contributed by atoms with Gasteiger partial charge in [0, 0.05) is 17.6 Å². The molecule has 0 spiro atoms. The van der Waals surface area contributed by atoms with Gasteiger partial charge in [-0.1, -0.05) is 23.7 Å². The van der Waals surface area contributed by atoms with Gasteiger partial charge < -0.3 is 5.32 Å². The first kappa shape index (κ1) is 16.0. The fourth-order valence-electron chi connectivity index (χ4n) is 1.74. The smallest absolute Gasteiger partial charge is 0.378 e. The molecule has 0 aliphatic rings. The van der Waals surface area contributed by atoms with E-state index >= 15 is 0 Å². The Labute approximate surface area is 129 Å². The van der Waals surface area contributed by atoms with E-state index in [9.17, 15) is 13.2 Å². The number of hydrogen-bond acceptors (Lipinski definition) is 3. The second kappa shape index (κ2) is 6.58. The largest absolute Gasteiger partial charge is 0.446 e. The Morgan fingerprint density at radius 1 is 1.19 bits per heavy atom. The lowest BCUT2D eigenvalue weighted by Gasteiger charge is -2.11. The number of nitrogens with zero attached hydrogens (tertiary/aromatic N) is 1. The van der Waals surface area contributed by atoms with E-state index in [1.807, 2.05) is 13.0 Å². The minimum absolute atomic E-state index is 0.123. The first-order chi connectivity index (χ1) is 9.85. The van der Waals surface area contributed by atoms with Crippen LogP contribution in [-0.4, -0.2) is 10.5 Å². The molecule has 0 aliphatic carbocycles. The third kappa shape index (κ3) is 4.82. The fourth-order valence-corrected chi connectivity index (χ4v) is 2.55. The van der Waals surface area contributed by atoms with E-state index in [0.29, 0.717) is 11.7 Å². The Kier molecular flexibility index (Phi) is 5.00. The maximum absolute atomic E-state index is 12.2. The number of aryl methyl sites for hydroxylation is 1. The van der Waals surface area contributed by atoms with Crippen LogP contribution in [0.3, 0.4) is 0 Å². The van der Waals surface area contributed by atoms with Crippen molar-refractivity contribution in [3.63, 3.8) is 0 Å². The van der Waals surface area contributed by atoms with Gasteiger partial charge in [0.2, 0.25) is 0 Å². The van der Waals surface area contributed by atoms with Crippen LogP contribution < -0.4 is 5.32 Å². The van der Waals surface area contributed by atoms with Gasteiger partial charge in [-0.3, -0.25) is 0 Å². The molecule has 1 N–H and O–H groups in total. The number of aromatic nitrogens is 1. The molecule has 1 aromatic carbocycles. The minimum Gasteiger partial charge on any atom is -0.378 e. The summed E-state index contributed by atoms with van der Waals surface area (Å²) in [5.74, 6) is 0. The van der Waals surface area contributed by atoms with Gasteiger partial charge in [0.1, 0.15) is 0 Å². The highest BCUT2D eigenvalue weighted by Crippen LogP contribution is 2.36. The molecular formula is C14H12ClF3N2S. The average molecular weight is 333 g/mol. The van der Waals surface area contributed by atoms with Crippen LogP contribution in [0.25, 0.3) is 0 Å². The lowest BCUT2D eigenvalue weighted by molar-refractivity contribution is -0.0328. The lowest BCUT2D eigenvalue weighted by atomic mass is 10.2. The van der Waals surface area contributed by atoms with E-state index in [2.05, 4.69) is 10.3 Å². The Morgan fingerprint density at radius 3 is 2.43 bits per heavy atom. The van der Waals surface area contributed by atoms with Crippen molar-refractivity contribution in [2.45, 2.75) is 23.9 Å². The molecule has 0 aliphatic heterocycles. The van der Waals surface area contributed by atoms with Gasteiger partial charge in [-0.15, -0.1) is 0 Å². The molecule has 0 saturated heterocycles. The number of benzene rings is 1. The standard InChI is InChI=1S/C14H12ClF3N2S/c1-9-6-7-19-13(15)12(9)20-8-10-2-4-11(5-3-10)21-14(16,17)18/h2-7,20H,8H2,1H3. The van der Waals surface area contributed by atoms with Crippen molar-refractivity contribution in [2.24, 2.45) is 0 Å². The molecule has 0 amide bonds. The molecule has 0 radical (unpaired) electrons. The molecule has 0 fully saturated rings. The number of alkyl halides is 3. The summed E-state index contributed by atoms with van der Waals surface area (Å²) in [5, 5.41) is 3.52. The van der Waals surface area contributed by atoms with E-state index in [1.54, 1.807) is 18.3 Å². The monoisotopic (exact) mass is 332 g/mol. The van der Waals surface area contributed by atoms with Crippen LogP contribution in [0, 0.1) is 6.92 Å². The first-order valence-electron chi connectivity index (χ1n) is 6.05. The molecule has 1 heterocycles. The predicted molar refractivity (Wildman–Crippen MR) is 79.7 cm³/mol. The number of rotatable bonds is 4. The molecule has 0 atom stereocenters. The van der Waals surface area contributed by atoms with Crippen LogP contribution in [-0.2, 0) is 6.54 Å². The topological polar surface area (TPSA) is 24.9 Å². The lowest BCUT2D eigenvalue weighted by Crippen LogP contribution is -2.03. The van der Waals surface area contributed by atoms with E-state index in [0.717, 1.165) is 16.8 Å².